The molecule has 2 heteroatoms. The van der Waals surface area contributed by atoms with E-state index in [0.29, 0.717) is 0 Å². The van der Waals surface area contributed by atoms with Crippen LogP contribution in [0.4, 0.5) is 0 Å². The molecule has 0 aliphatic carbocycles. The summed E-state index contributed by atoms with van der Waals surface area (Å²) in [5, 5.41) is 0. The molecule has 0 atom stereocenters. The summed E-state index contributed by atoms with van der Waals surface area (Å²) < 4.78 is 1.12. The lowest BCUT2D eigenvalue weighted by atomic mass is 10.1. The highest BCUT2D eigenvalue weighted by molar-refractivity contribution is 4.47. The summed E-state index contributed by atoms with van der Waals surface area (Å²) in [6, 6.07) is 0. The Morgan fingerprint density at radius 2 is 0.941 bits per heavy atom. The molecular formula is C15H34IN. The summed E-state index contributed by atoms with van der Waals surface area (Å²) in [6.45, 7) is 3.62. The molecule has 0 rings (SSSR count). The van der Waals surface area contributed by atoms with E-state index in [4.69, 9.17) is 0 Å². The molecule has 0 saturated heterocycles. The van der Waals surface area contributed by atoms with E-state index in [0.717, 1.165) is 4.48 Å². The van der Waals surface area contributed by atoms with Crippen LogP contribution in [0.5, 0.6) is 0 Å². The number of hydrogen-bond donors (Lipinski definition) is 0. The molecule has 1 nitrogen and oxygen atoms in total. The van der Waals surface area contributed by atoms with Crippen molar-refractivity contribution >= 4 is 0 Å². The number of hydrogen-bond acceptors (Lipinski definition) is 0. The molecule has 17 heavy (non-hydrogen) atoms. The van der Waals surface area contributed by atoms with Gasteiger partial charge in [-0.1, -0.05) is 58.3 Å². The van der Waals surface area contributed by atoms with Crippen LogP contribution < -0.4 is 24.0 Å². The predicted molar refractivity (Wildman–Crippen MR) is 74.7 cm³/mol. The van der Waals surface area contributed by atoms with Crippen molar-refractivity contribution in [1.82, 2.24) is 0 Å². The molecule has 0 radical (unpaired) electrons. The van der Waals surface area contributed by atoms with Crippen LogP contribution in [-0.2, 0) is 0 Å². The number of quaternary nitrogens is 1. The van der Waals surface area contributed by atoms with Gasteiger partial charge in [-0.2, -0.15) is 0 Å². The van der Waals surface area contributed by atoms with Crippen molar-refractivity contribution in [1.29, 1.82) is 0 Å². The average Bonchev–Trinajstić information content (AvgIpc) is 2.19. The van der Waals surface area contributed by atoms with E-state index in [1.54, 1.807) is 0 Å². The number of halogens is 1. The monoisotopic (exact) mass is 355 g/mol. The van der Waals surface area contributed by atoms with Crippen LogP contribution in [0.3, 0.4) is 0 Å². The van der Waals surface area contributed by atoms with E-state index < -0.39 is 0 Å². The number of unbranched alkanes of at least 4 members (excludes halogenated alkanes) is 9. The highest BCUT2D eigenvalue weighted by atomic mass is 127. The molecule has 0 amide bonds. The van der Waals surface area contributed by atoms with Gasteiger partial charge in [-0.05, 0) is 12.8 Å². The van der Waals surface area contributed by atoms with Crippen molar-refractivity contribution in [2.24, 2.45) is 0 Å². The van der Waals surface area contributed by atoms with Crippen molar-refractivity contribution in [3.05, 3.63) is 0 Å². The molecule has 0 spiro atoms. The Morgan fingerprint density at radius 1 is 0.588 bits per heavy atom. The van der Waals surface area contributed by atoms with Crippen LogP contribution >= 0.6 is 0 Å². The van der Waals surface area contributed by atoms with Gasteiger partial charge in [-0.15, -0.1) is 0 Å². The normalized spacial score (nSPS) is 11.3. The zero-order chi connectivity index (χ0) is 12.3. The van der Waals surface area contributed by atoms with Gasteiger partial charge >= 0.3 is 0 Å². The smallest absolute Gasteiger partial charge is 0.0780 e. The maximum atomic E-state index is 2.29. The quantitative estimate of drug-likeness (QED) is 0.300. The maximum Gasteiger partial charge on any atom is 0.0780 e. The van der Waals surface area contributed by atoms with Crippen molar-refractivity contribution in [3.63, 3.8) is 0 Å². The van der Waals surface area contributed by atoms with Crippen molar-refractivity contribution in [3.8, 4) is 0 Å². The minimum absolute atomic E-state index is 0. The second kappa shape index (κ2) is 13.1. The molecule has 0 aromatic rings. The van der Waals surface area contributed by atoms with Gasteiger partial charge in [0.25, 0.3) is 0 Å². The molecule has 0 aliphatic rings. The van der Waals surface area contributed by atoms with Gasteiger partial charge in [0.15, 0.2) is 0 Å². The van der Waals surface area contributed by atoms with E-state index in [-0.39, 0.29) is 24.0 Å². The van der Waals surface area contributed by atoms with E-state index in [1.165, 1.54) is 70.8 Å². The molecule has 0 bridgehead atoms. The summed E-state index contributed by atoms with van der Waals surface area (Å²) in [4.78, 5) is 0. The summed E-state index contributed by atoms with van der Waals surface area (Å²) in [6.07, 6.45) is 14.4. The Hall–Kier alpha value is 0.690. The van der Waals surface area contributed by atoms with Crippen LogP contribution in [0.1, 0.15) is 71.1 Å². The van der Waals surface area contributed by atoms with Crippen LogP contribution in [0.15, 0.2) is 0 Å². The van der Waals surface area contributed by atoms with Gasteiger partial charge in [0.1, 0.15) is 0 Å². The first-order valence-electron chi connectivity index (χ1n) is 7.36. The summed E-state index contributed by atoms with van der Waals surface area (Å²) in [5.74, 6) is 0. The Kier molecular flexibility index (Phi) is 15.5. The zero-order valence-corrected chi connectivity index (χ0v) is 14.8. The van der Waals surface area contributed by atoms with E-state index >= 15 is 0 Å². The molecule has 0 aromatic carbocycles. The van der Waals surface area contributed by atoms with Crippen LogP contribution in [-0.4, -0.2) is 32.2 Å². The van der Waals surface area contributed by atoms with Crippen LogP contribution in [0.25, 0.3) is 0 Å². The topological polar surface area (TPSA) is 0 Å². The first-order valence-corrected chi connectivity index (χ1v) is 7.36. The first kappa shape index (κ1) is 20.0. The Balaban J connectivity index is 0. The Morgan fingerprint density at radius 3 is 1.29 bits per heavy atom. The highest BCUT2D eigenvalue weighted by Gasteiger charge is 2.04. The first-order chi connectivity index (χ1) is 7.56. The van der Waals surface area contributed by atoms with Crippen molar-refractivity contribution in [2.45, 2.75) is 71.1 Å². The van der Waals surface area contributed by atoms with Crippen LogP contribution in [0, 0.1) is 0 Å². The molecule has 0 saturated carbocycles. The molecule has 0 heterocycles. The molecule has 106 valence electrons. The molecular weight excluding hydrogens is 321 g/mol. The summed E-state index contributed by atoms with van der Waals surface area (Å²) in [7, 11) is 6.86. The molecule has 0 aromatic heterocycles. The summed E-state index contributed by atoms with van der Waals surface area (Å²) in [5.41, 5.74) is 0. The van der Waals surface area contributed by atoms with Gasteiger partial charge in [0, 0.05) is 0 Å². The Bertz CT molecular complexity index is 140. The molecule has 0 aliphatic heterocycles. The van der Waals surface area contributed by atoms with Gasteiger partial charge in [0.2, 0.25) is 0 Å². The van der Waals surface area contributed by atoms with Gasteiger partial charge < -0.3 is 28.5 Å². The van der Waals surface area contributed by atoms with Gasteiger partial charge in [0.05, 0.1) is 27.7 Å². The second-order valence-electron chi connectivity index (χ2n) is 6.20. The SMILES string of the molecule is CCCCCCCCCCCC[N+](C)(C)C.[I-]. The van der Waals surface area contributed by atoms with Crippen molar-refractivity contribution < 1.29 is 28.5 Å². The van der Waals surface area contributed by atoms with E-state index in [1.807, 2.05) is 0 Å². The lowest BCUT2D eigenvalue weighted by molar-refractivity contribution is -0.870. The fraction of sp³-hybridized carbons (Fsp3) is 1.00. The maximum absolute atomic E-state index is 2.29. The lowest BCUT2D eigenvalue weighted by Gasteiger charge is -2.23. The number of rotatable bonds is 11. The van der Waals surface area contributed by atoms with E-state index in [9.17, 15) is 0 Å². The highest BCUT2D eigenvalue weighted by Crippen LogP contribution is 2.10. The van der Waals surface area contributed by atoms with Gasteiger partial charge in [-0.25, -0.2) is 0 Å². The third kappa shape index (κ3) is 19.2. The average molecular weight is 355 g/mol. The lowest BCUT2D eigenvalue weighted by Crippen LogP contribution is -3.00. The van der Waals surface area contributed by atoms with Gasteiger partial charge in [-0.3, -0.25) is 0 Å². The second-order valence-corrected chi connectivity index (χ2v) is 6.20. The zero-order valence-electron chi connectivity index (χ0n) is 12.6. The number of nitrogens with zero attached hydrogens (tertiary/aromatic N) is 1. The predicted octanol–water partition coefficient (Wildman–Crippen LogP) is 1.62. The molecule has 0 unspecified atom stereocenters. The molecule has 0 N–H and O–H groups in total. The van der Waals surface area contributed by atoms with E-state index in [2.05, 4.69) is 28.1 Å². The van der Waals surface area contributed by atoms with Crippen LogP contribution in [0.2, 0.25) is 0 Å². The third-order valence-electron chi connectivity index (χ3n) is 3.18. The standard InChI is InChI=1S/C15H34N.HI/c1-5-6-7-8-9-10-11-12-13-14-15-16(2,3)4;/h5-15H2,1-4H3;1H/q+1;/p-1. The van der Waals surface area contributed by atoms with Crippen molar-refractivity contribution in [2.75, 3.05) is 27.7 Å². The fourth-order valence-electron chi connectivity index (χ4n) is 2.07. The largest absolute Gasteiger partial charge is 1.00 e. The Labute approximate surface area is 127 Å². The minimum Gasteiger partial charge on any atom is -1.00 e. The summed E-state index contributed by atoms with van der Waals surface area (Å²) >= 11 is 0. The third-order valence-corrected chi connectivity index (χ3v) is 3.18. The minimum atomic E-state index is 0. The molecule has 0 fully saturated rings. The fourth-order valence-corrected chi connectivity index (χ4v) is 2.07.